The number of halogens is 1. The Hall–Kier alpha value is -2.04. The highest BCUT2D eigenvalue weighted by Gasteiger charge is 2.17. The number of aliphatic imine (C=N–C) groups is 1. The molecule has 0 amide bonds. The summed E-state index contributed by atoms with van der Waals surface area (Å²) in [5, 5.41) is 3.11. The highest BCUT2D eigenvalue weighted by molar-refractivity contribution is 14.0. The smallest absolute Gasteiger partial charge is 0.193 e. The molecule has 0 unspecified atom stereocenters. The standard InChI is InChI=1S/C25H36N4O3.HI/c1-19(2)32-23-9-7-21(8-10-23)28-25(26)27-18-20-5-4-6-24(17-20)31-16-13-29(3)22-11-14-30-15-12-22;/h4-10,17,19,22H,11-16,18H2,1-3H3,(H3,26,27,28);1H. The SMILES string of the molecule is CC(C)Oc1ccc(NC(N)=NCc2cccc(OCCN(C)C3CCOCC3)c2)cc1.I. The van der Waals surface area contributed by atoms with Gasteiger partial charge in [-0.25, -0.2) is 4.99 Å². The van der Waals surface area contributed by atoms with Crippen molar-refractivity contribution in [2.24, 2.45) is 10.7 Å². The maximum Gasteiger partial charge on any atom is 0.193 e. The van der Waals surface area contributed by atoms with Crippen molar-refractivity contribution in [2.75, 3.05) is 38.7 Å². The lowest BCUT2D eigenvalue weighted by Gasteiger charge is -2.31. The summed E-state index contributed by atoms with van der Waals surface area (Å²) in [5.74, 6) is 2.05. The first-order chi connectivity index (χ1) is 15.5. The molecular weight excluding hydrogens is 531 g/mol. The fraction of sp³-hybridized carbons (Fsp3) is 0.480. The third-order valence-corrected chi connectivity index (χ3v) is 5.36. The Morgan fingerprint density at radius 3 is 2.58 bits per heavy atom. The second-order valence-electron chi connectivity index (χ2n) is 8.34. The number of likely N-dealkylation sites (N-methyl/N-ethyl adjacent to an activating group) is 1. The zero-order valence-corrected chi connectivity index (χ0v) is 22.2. The van der Waals surface area contributed by atoms with Crippen LogP contribution in [0.5, 0.6) is 11.5 Å². The Labute approximate surface area is 214 Å². The molecule has 1 fully saturated rings. The largest absolute Gasteiger partial charge is 0.492 e. The summed E-state index contributed by atoms with van der Waals surface area (Å²) < 4.78 is 17.1. The number of rotatable bonds is 10. The van der Waals surface area contributed by atoms with E-state index in [0.717, 1.165) is 55.4 Å². The maximum atomic E-state index is 6.06. The summed E-state index contributed by atoms with van der Waals surface area (Å²) in [6.07, 6.45) is 2.33. The topological polar surface area (TPSA) is 81.3 Å². The van der Waals surface area contributed by atoms with Gasteiger partial charge in [0.25, 0.3) is 0 Å². The van der Waals surface area contributed by atoms with Crippen molar-refractivity contribution in [2.45, 2.75) is 45.4 Å². The molecule has 1 saturated heterocycles. The van der Waals surface area contributed by atoms with Gasteiger partial charge < -0.3 is 25.3 Å². The van der Waals surface area contributed by atoms with E-state index in [9.17, 15) is 0 Å². The predicted molar refractivity (Wildman–Crippen MR) is 145 cm³/mol. The predicted octanol–water partition coefficient (Wildman–Crippen LogP) is 4.51. The number of hydrogen-bond acceptors (Lipinski definition) is 5. The Bertz CT molecular complexity index is 855. The van der Waals surface area contributed by atoms with Gasteiger partial charge in [-0.15, -0.1) is 24.0 Å². The number of nitrogens with zero attached hydrogens (tertiary/aromatic N) is 2. The first-order valence-electron chi connectivity index (χ1n) is 11.3. The molecule has 2 aromatic rings. The molecule has 2 aromatic carbocycles. The summed E-state index contributed by atoms with van der Waals surface area (Å²) in [4.78, 5) is 6.81. The molecule has 0 atom stereocenters. The van der Waals surface area contributed by atoms with Gasteiger partial charge in [0.05, 0.1) is 12.6 Å². The van der Waals surface area contributed by atoms with Gasteiger partial charge in [-0.2, -0.15) is 0 Å². The number of nitrogens with one attached hydrogen (secondary N) is 1. The Morgan fingerprint density at radius 2 is 1.88 bits per heavy atom. The molecule has 0 aromatic heterocycles. The summed E-state index contributed by atoms with van der Waals surface area (Å²) in [6.45, 7) is 7.74. The fourth-order valence-corrected chi connectivity index (χ4v) is 3.60. The first-order valence-corrected chi connectivity index (χ1v) is 11.3. The fourth-order valence-electron chi connectivity index (χ4n) is 3.60. The van der Waals surface area contributed by atoms with Crippen LogP contribution in [-0.4, -0.2) is 56.4 Å². The number of benzene rings is 2. The van der Waals surface area contributed by atoms with Gasteiger partial charge in [-0.1, -0.05) is 12.1 Å². The normalized spacial score (nSPS) is 14.8. The van der Waals surface area contributed by atoms with E-state index in [1.165, 1.54) is 0 Å². The minimum absolute atomic E-state index is 0. The molecule has 182 valence electrons. The van der Waals surface area contributed by atoms with E-state index in [-0.39, 0.29) is 30.1 Å². The van der Waals surface area contributed by atoms with Crippen LogP contribution in [0, 0.1) is 0 Å². The highest BCUT2D eigenvalue weighted by Crippen LogP contribution is 2.18. The van der Waals surface area contributed by atoms with Crippen molar-refractivity contribution < 1.29 is 14.2 Å². The quantitative estimate of drug-likeness (QED) is 0.250. The third-order valence-electron chi connectivity index (χ3n) is 5.36. The maximum absolute atomic E-state index is 6.06. The number of anilines is 1. The van der Waals surface area contributed by atoms with Crippen molar-refractivity contribution in [1.82, 2.24) is 4.90 Å². The minimum atomic E-state index is 0. The number of guanidine groups is 1. The van der Waals surface area contributed by atoms with E-state index >= 15 is 0 Å². The van der Waals surface area contributed by atoms with E-state index in [2.05, 4.69) is 22.3 Å². The zero-order valence-electron chi connectivity index (χ0n) is 19.8. The Morgan fingerprint density at radius 1 is 1.15 bits per heavy atom. The van der Waals surface area contributed by atoms with Gasteiger partial charge in [-0.3, -0.25) is 4.90 Å². The highest BCUT2D eigenvalue weighted by atomic mass is 127. The number of hydrogen-bond donors (Lipinski definition) is 2. The van der Waals surface area contributed by atoms with Crippen LogP contribution in [0.15, 0.2) is 53.5 Å². The summed E-state index contributed by atoms with van der Waals surface area (Å²) in [6, 6.07) is 16.3. The molecule has 33 heavy (non-hydrogen) atoms. The van der Waals surface area contributed by atoms with Crippen LogP contribution in [0.25, 0.3) is 0 Å². The van der Waals surface area contributed by atoms with Crippen LogP contribution >= 0.6 is 24.0 Å². The van der Waals surface area contributed by atoms with Crippen LogP contribution in [-0.2, 0) is 11.3 Å². The summed E-state index contributed by atoms with van der Waals surface area (Å²) in [7, 11) is 2.16. The van der Waals surface area contributed by atoms with E-state index in [1.807, 2.05) is 62.4 Å². The van der Waals surface area contributed by atoms with Gasteiger partial charge >= 0.3 is 0 Å². The van der Waals surface area contributed by atoms with Crippen LogP contribution in [0.3, 0.4) is 0 Å². The summed E-state index contributed by atoms with van der Waals surface area (Å²) in [5.41, 5.74) is 7.97. The van der Waals surface area contributed by atoms with E-state index in [1.54, 1.807) is 0 Å². The lowest BCUT2D eigenvalue weighted by atomic mass is 10.1. The van der Waals surface area contributed by atoms with Gasteiger partial charge in [0.15, 0.2) is 5.96 Å². The molecule has 1 aliphatic rings. The monoisotopic (exact) mass is 568 g/mol. The van der Waals surface area contributed by atoms with Crippen molar-refractivity contribution in [3.63, 3.8) is 0 Å². The van der Waals surface area contributed by atoms with Crippen LogP contribution in [0.2, 0.25) is 0 Å². The van der Waals surface area contributed by atoms with Crippen LogP contribution in [0.4, 0.5) is 5.69 Å². The average Bonchev–Trinajstić information content (AvgIpc) is 2.79. The number of ether oxygens (including phenoxy) is 3. The van der Waals surface area contributed by atoms with E-state index < -0.39 is 0 Å². The van der Waals surface area contributed by atoms with Crippen molar-refractivity contribution >= 4 is 35.6 Å². The molecular formula is C25H37IN4O3. The van der Waals surface area contributed by atoms with Crippen LogP contribution < -0.4 is 20.5 Å². The molecule has 3 N–H and O–H groups in total. The number of nitrogens with two attached hydrogens (primary N) is 1. The van der Waals surface area contributed by atoms with E-state index in [4.69, 9.17) is 19.9 Å². The molecule has 7 nitrogen and oxygen atoms in total. The Kier molecular flexibility index (Phi) is 11.8. The van der Waals surface area contributed by atoms with Gasteiger partial charge in [0, 0.05) is 31.5 Å². The lowest BCUT2D eigenvalue weighted by Crippen LogP contribution is -2.38. The molecule has 3 rings (SSSR count). The third kappa shape index (κ3) is 9.77. The van der Waals surface area contributed by atoms with Gasteiger partial charge in [0.2, 0.25) is 0 Å². The summed E-state index contributed by atoms with van der Waals surface area (Å²) >= 11 is 0. The van der Waals surface area contributed by atoms with Gasteiger partial charge in [-0.05, 0) is 75.7 Å². The van der Waals surface area contributed by atoms with Crippen molar-refractivity contribution in [3.8, 4) is 11.5 Å². The molecule has 0 spiro atoms. The van der Waals surface area contributed by atoms with E-state index in [0.29, 0.717) is 25.2 Å². The van der Waals surface area contributed by atoms with Gasteiger partial charge in [0.1, 0.15) is 18.1 Å². The van der Waals surface area contributed by atoms with Crippen molar-refractivity contribution in [3.05, 3.63) is 54.1 Å². The average molecular weight is 569 g/mol. The lowest BCUT2D eigenvalue weighted by molar-refractivity contribution is 0.0392. The molecule has 1 aliphatic heterocycles. The second-order valence-corrected chi connectivity index (χ2v) is 8.34. The Balaban J connectivity index is 0.00000385. The molecule has 0 aliphatic carbocycles. The van der Waals surface area contributed by atoms with Crippen molar-refractivity contribution in [1.29, 1.82) is 0 Å². The second kappa shape index (κ2) is 14.3. The minimum Gasteiger partial charge on any atom is -0.492 e. The molecule has 0 radical (unpaired) electrons. The molecule has 1 heterocycles. The van der Waals surface area contributed by atoms with Crippen LogP contribution in [0.1, 0.15) is 32.3 Å². The molecule has 0 bridgehead atoms. The first kappa shape index (κ1) is 27.2. The molecule has 8 heteroatoms. The molecule has 0 saturated carbocycles. The zero-order chi connectivity index (χ0) is 22.8.